The molecule has 106 valence electrons. The summed E-state index contributed by atoms with van der Waals surface area (Å²) < 4.78 is 6.93. The summed E-state index contributed by atoms with van der Waals surface area (Å²) in [7, 11) is 1.61. The van der Waals surface area contributed by atoms with E-state index in [-0.39, 0.29) is 11.9 Å². The highest BCUT2D eigenvalue weighted by Gasteiger charge is 2.10. The van der Waals surface area contributed by atoms with E-state index in [1.54, 1.807) is 24.1 Å². The molecule has 0 atom stereocenters. The maximum absolute atomic E-state index is 12.1. The van der Waals surface area contributed by atoms with Gasteiger partial charge in [0.15, 0.2) is 0 Å². The van der Waals surface area contributed by atoms with Gasteiger partial charge in [0.1, 0.15) is 11.6 Å². The van der Waals surface area contributed by atoms with Crippen molar-refractivity contribution in [1.29, 1.82) is 0 Å². The van der Waals surface area contributed by atoms with Crippen LogP contribution in [0.25, 0.3) is 0 Å². The molecule has 1 heterocycles. The number of nitrogens with one attached hydrogen (secondary N) is 1. The molecule has 0 bridgehead atoms. The normalized spacial score (nSPS) is 10.6. The van der Waals surface area contributed by atoms with Crippen molar-refractivity contribution in [2.45, 2.75) is 26.3 Å². The number of nitrogens with zero attached hydrogens (tertiary/aromatic N) is 2. The van der Waals surface area contributed by atoms with Gasteiger partial charge in [-0.05, 0) is 31.5 Å². The van der Waals surface area contributed by atoms with Crippen LogP contribution in [0.1, 0.15) is 25.5 Å². The van der Waals surface area contributed by atoms with Gasteiger partial charge in [0.05, 0.1) is 19.7 Å². The Labute approximate surface area is 118 Å². The van der Waals surface area contributed by atoms with Gasteiger partial charge in [-0.1, -0.05) is 12.1 Å². The maximum atomic E-state index is 12.1. The van der Waals surface area contributed by atoms with Gasteiger partial charge in [0.25, 0.3) is 0 Å². The lowest BCUT2D eigenvalue weighted by molar-refractivity contribution is -0.115. The fraction of sp³-hybridized carbons (Fsp3) is 0.333. The second-order valence-electron chi connectivity index (χ2n) is 4.83. The minimum atomic E-state index is -0.0688. The molecule has 2 aromatic rings. The van der Waals surface area contributed by atoms with Crippen molar-refractivity contribution in [3.8, 4) is 5.75 Å². The van der Waals surface area contributed by atoms with Gasteiger partial charge in [0, 0.05) is 12.1 Å². The molecule has 0 saturated carbocycles. The fourth-order valence-corrected chi connectivity index (χ4v) is 1.98. The van der Waals surface area contributed by atoms with Crippen LogP contribution in [0.4, 0.5) is 5.82 Å². The topological polar surface area (TPSA) is 56.1 Å². The van der Waals surface area contributed by atoms with Crippen LogP contribution in [0.5, 0.6) is 5.75 Å². The molecule has 5 nitrogen and oxygen atoms in total. The van der Waals surface area contributed by atoms with E-state index in [1.807, 2.05) is 38.1 Å². The highest BCUT2D eigenvalue weighted by Crippen LogP contribution is 2.15. The van der Waals surface area contributed by atoms with Gasteiger partial charge in [-0.15, -0.1) is 0 Å². The Kier molecular flexibility index (Phi) is 4.40. The number of anilines is 1. The molecule has 20 heavy (non-hydrogen) atoms. The predicted molar refractivity (Wildman–Crippen MR) is 77.9 cm³/mol. The fourth-order valence-electron chi connectivity index (χ4n) is 1.98. The summed E-state index contributed by atoms with van der Waals surface area (Å²) in [5.41, 5.74) is 0.914. The summed E-state index contributed by atoms with van der Waals surface area (Å²) in [5.74, 6) is 1.40. The summed E-state index contributed by atoms with van der Waals surface area (Å²) >= 11 is 0. The molecule has 0 aliphatic heterocycles. The Morgan fingerprint density at radius 2 is 2.20 bits per heavy atom. The zero-order valence-electron chi connectivity index (χ0n) is 12.0. The summed E-state index contributed by atoms with van der Waals surface area (Å²) in [6.07, 6.45) is 1.99. The van der Waals surface area contributed by atoms with E-state index in [1.165, 1.54) is 0 Å². The molecule has 1 aromatic carbocycles. The third-order valence-electron chi connectivity index (χ3n) is 2.93. The average molecular weight is 273 g/mol. The Balaban J connectivity index is 2.03. The largest absolute Gasteiger partial charge is 0.497 e. The smallest absolute Gasteiger partial charge is 0.229 e. The molecule has 2 rings (SSSR count). The first-order valence-corrected chi connectivity index (χ1v) is 6.56. The van der Waals surface area contributed by atoms with E-state index in [0.29, 0.717) is 12.2 Å². The van der Waals surface area contributed by atoms with Crippen molar-refractivity contribution in [1.82, 2.24) is 9.78 Å². The second-order valence-corrected chi connectivity index (χ2v) is 4.83. The molecule has 0 fully saturated rings. The third-order valence-corrected chi connectivity index (χ3v) is 2.93. The summed E-state index contributed by atoms with van der Waals surface area (Å²) in [6.45, 7) is 4.04. The Morgan fingerprint density at radius 1 is 1.40 bits per heavy atom. The second kappa shape index (κ2) is 6.23. The van der Waals surface area contributed by atoms with E-state index in [2.05, 4.69) is 10.4 Å². The van der Waals surface area contributed by atoms with Gasteiger partial charge in [-0.3, -0.25) is 4.79 Å². The first kappa shape index (κ1) is 14.1. The number of carbonyl (C=O) groups is 1. The molecule has 1 aromatic heterocycles. The van der Waals surface area contributed by atoms with Gasteiger partial charge in [-0.2, -0.15) is 5.10 Å². The molecule has 0 aliphatic rings. The van der Waals surface area contributed by atoms with Crippen LogP contribution in [0.2, 0.25) is 0 Å². The Morgan fingerprint density at radius 3 is 2.90 bits per heavy atom. The maximum Gasteiger partial charge on any atom is 0.229 e. The zero-order valence-corrected chi connectivity index (χ0v) is 12.0. The van der Waals surface area contributed by atoms with Crippen molar-refractivity contribution < 1.29 is 9.53 Å². The van der Waals surface area contributed by atoms with E-state index < -0.39 is 0 Å². The lowest BCUT2D eigenvalue weighted by Crippen LogP contribution is -2.18. The van der Waals surface area contributed by atoms with Crippen LogP contribution in [0, 0.1) is 0 Å². The standard InChI is InChI=1S/C15H19N3O2/c1-11(2)18-14(7-8-16-18)17-15(19)10-12-5-4-6-13(9-12)20-3/h4-9,11H,10H2,1-3H3,(H,17,19). The Bertz CT molecular complexity index is 590. The first-order chi connectivity index (χ1) is 9.60. The van der Waals surface area contributed by atoms with Crippen LogP contribution in [-0.4, -0.2) is 22.8 Å². The van der Waals surface area contributed by atoms with Crippen molar-refractivity contribution in [3.05, 3.63) is 42.1 Å². The van der Waals surface area contributed by atoms with Crippen molar-refractivity contribution >= 4 is 11.7 Å². The molecular weight excluding hydrogens is 254 g/mol. The van der Waals surface area contributed by atoms with Crippen molar-refractivity contribution in [2.75, 3.05) is 12.4 Å². The minimum absolute atomic E-state index is 0.0688. The average Bonchev–Trinajstić information content (AvgIpc) is 2.87. The number of benzene rings is 1. The SMILES string of the molecule is COc1cccc(CC(=O)Nc2ccnn2C(C)C)c1. The number of methoxy groups -OCH3 is 1. The highest BCUT2D eigenvalue weighted by molar-refractivity contribution is 5.91. The third kappa shape index (κ3) is 3.38. The number of aromatic nitrogens is 2. The molecule has 5 heteroatoms. The lowest BCUT2D eigenvalue weighted by atomic mass is 10.1. The van der Waals surface area contributed by atoms with Gasteiger partial charge >= 0.3 is 0 Å². The number of amides is 1. The molecule has 0 radical (unpaired) electrons. The first-order valence-electron chi connectivity index (χ1n) is 6.56. The van der Waals surface area contributed by atoms with Crippen molar-refractivity contribution in [3.63, 3.8) is 0 Å². The summed E-state index contributed by atoms with van der Waals surface area (Å²) in [5, 5.41) is 7.06. The van der Waals surface area contributed by atoms with Crippen molar-refractivity contribution in [2.24, 2.45) is 0 Å². The number of rotatable bonds is 5. The molecular formula is C15H19N3O2. The zero-order chi connectivity index (χ0) is 14.5. The van der Waals surface area contributed by atoms with E-state index in [9.17, 15) is 4.79 Å². The van der Waals surface area contributed by atoms with Crippen LogP contribution in [0.15, 0.2) is 36.5 Å². The Hall–Kier alpha value is -2.30. The van der Waals surface area contributed by atoms with Crippen LogP contribution < -0.4 is 10.1 Å². The lowest BCUT2D eigenvalue weighted by Gasteiger charge is -2.12. The van der Waals surface area contributed by atoms with Crippen LogP contribution in [0.3, 0.4) is 0 Å². The quantitative estimate of drug-likeness (QED) is 0.911. The summed E-state index contributed by atoms with van der Waals surface area (Å²) in [6, 6.07) is 9.50. The molecule has 1 N–H and O–H groups in total. The van der Waals surface area contributed by atoms with Gasteiger partial charge < -0.3 is 10.1 Å². The number of hydrogen-bond acceptors (Lipinski definition) is 3. The molecule has 0 unspecified atom stereocenters. The monoisotopic (exact) mass is 273 g/mol. The number of carbonyl (C=O) groups excluding carboxylic acids is 1. The van der Waals surface area contributed by atoms with E-state index in [0.717, 1.165) is 11.3 Å². The van der Waals surface area contributed by atoms with Gasteiger partial charge in [-0.25, -0.2) is 4.68 Å². The molecule has 0 aliphatic carbocycles. The number of ether oxygens (including phenoxy) is 1. The minimum Gasteiger partial charge on any atom is -0.497 e. The van der Waals surface area contributed by atoms with Crippen LogP contribution in [-0.2, 0) is 11.2 Å². The van der Waals surface area contributed by atoms with E-state index in [4.69, 9.17) is 4.74 Å². The molecule has 1 amide bonds. The number of hydrogen-bond donors (Lipinski definition) is 1. The van der Waals surface area contributed by atoms with Crippen LogP contribution >= 0.6 is 0 Å². The van der Waals surface area contributed by atoms with Gasteiger partial charge in [0.2, 0.25) is 5.91 Å². The summed E-state index contributed by atoms with van der Waals surface area (Å²) in [4.78, 5) is 12.1. The van der Waals surface area contributed by atoms with E-state index >= 15 is 0 Å². The molecule has 0 spiro atoms. The highest BCUT2D eigenvalue weighted by atomic mass is 16.5. The predicted octanol–water partition coefficient (Wildman–Crippen LogP) is 2.65. The molecule has 0 saturated heterocycles.